The van der Waals surface area contributed by atoms with Crippen LogP contribution in [0.5, 0.6) is 11.5 Å². The molecule has 176 valence electrons. The largest absolute Gasteiger partial charge is 0.486 e. The first-order valence-corrected chi connectivity index (χ1v) is 12.3. The van der Waals surface area contributed by atoms with Gasteiger partial charge in [-0.25, -0.2) is 13.2 Å². The van der Waals surface area contributed by atoms with E-state index in [1.807, 2.05) is 0 Å². The van der Waals surface area contributed by atoms with Gasteiger partial charge in [-0.3, -0.25) is 4.79 Å². The standard InChI is InChI=1S/C22H23ClN2O7S/c23-17-6-5-16(33(28,29)25-8-2-1-3-9-25)13-18(17)24-21(26)14-32-22(27)15-4-7-19-20(12-15)31-11-10-30-19/h4-7,12-13H,1-3,8-11,14H2,(H,24,26). The monoisotopic (exact) mass is 494 g/mol. The van der Waals surface area contributed by atoms with Crippen LogP contribution in [-0.4, -0.2) is 57.5 Å². The highest BCUT2D eigenvalue weighted by atomic mass is 35.5. The number of nitrogens with zero attached hydrogens (tertiary/aromatic N) is 1. The van der Waals surface area contributed by atoms with Crippen LogP contribution in [0.2, 0.25) is 5.02 Å². The molecule has 9 nitrogen and oxygen atoms in total. The Labute approximate surface area is 196 Å². The maximum Gasteiger partial charge on any atom is 0.338 e. The number of ether oxygens (including phenoxy) is 3. The van der Waals surface area contributed by atoms with Crippen LogP contribution in [0.25, 0.3) is 0 Å². The van der Waals surface area contributed by atoms with Crippen molar-refractivity contribution in [2.75, 3.05) is 38.2 Å². The molecule has 0 saturated carbocycles. The number of carbonyl (C=O) groups is 2. The van der Waals surface area contributed by atoms with Gasteiger partial charge in [0.25, 0.3) is 5.91 Å². The topological polar surface area (TPSA) is 111 Å². The first-order valence-electron chi connectivity index (χ1n) is 10.5. The van der Waals surface area contributed by atoms with E-state index in [0.29, 0.717) is 37.8 Å². The van der Waals surface area contributed by atoms with Crippen LogP contribution >= 0.6 is 11.6 Å². The molecule has 0 radical (unpaired) electrons. The van der Waals surface area contributed by atoms with E-state index in [2.05, 4.69) is 5.32 Å². The SMILES string of the molecule is O=C(COC(=O)c1ccc2c(c1)OCCO2)Nc1cc(S(=O)(=O)N2CCCCC2)ccc1Cl. The van der Waals surface area contributed by atoms with E-state index >= 15 is 0 Å². The van der Waals surface area contributed by atoms with Crippen molar-refractivity contribution in [3.05, 3.63) is 47.0 Å². The maximum atomic E-state index is 12.9. The number of nitrogens with one attached hydrogen (secondary N) is 1. The highest BCUT2D eigenvalue weighted by molar-refractivity contribution is 7.89. The van der Waals surface area contributed by atoms with Gasteiger partial charge in [-0.1, -0.05) is 18.0 Å². The third kappa shape index (κ3) is 5.40. The number of esters is 1. The summed E-state index contributed by atoms with van der Waals surface area (Å²) in [5.41, 5.74) is 0.329. The predicted molar refractivity (Wildman–Crippen MR) is 120 cm³/mol. The molecule has 0 unspecified atom stereocenters. The molecule has 2 aromatic rings. The summed E-state index contributed by atoms with van der Waals surface area (Å²) in [4.78, 5) is 24.7. The normalized spacial score (nSPS) is 16.2. The van der Waals surface area contributed by atoms with E-state index in [4.69, 9.17) is 25.8 Å². The third-order valence-electron chi connectivity index (χ3n) is 5.28. The van der Waals surface area contributed by atoms with Crippen LogP contribution in [0.4, 0.5) is 5.69 Å². The van der Waals surface area contributed by atoms with Crippen molar-refractivity contribution < 1.29 is 32.2 Å². The lowest BCUT2D eigenvalue weighted by atomic mass is 10.2. The van der Waals surface area contributed by atoms with Crippen molar-refractivity contribution in [2.45, 2.75) is 24.2 Å². The van der Waals surface area contributed by atoms with Crippen LogP contribution in [-0.2, 0) is 19.6 Å². The number of halogens is 1. The number of sulfonamides is 1. The lowest BCUT2D eigenvalue weighted by Gasteiger charge is -2.26. The second-order valence-corrected chi connectivity index (χ2v) is 9.93. The Morgan fingerprint density at radius 3 is 2.48 bits per heavy atom. The second-order valence-electron chi connectivity index (χ2n) is 7.59. The van der Waals surface area contributed by atoms with Crippen molar-refractivity contribution in [3.8, 4) is 11.5 Å². The highest BCUT2D eigenvalue weighted by Gasteiger charge is 2.27. The van der Waals surface area contributed by atoms with Gasteiger partial charge in [-0.05, 0) is 49.2 Å². The number of fused-ring (bicyclic) bond motifs is 1. The molecule has 2 aliphatic heterocycles. The van der Waals surface area contributed by atoms with Crippen molar-refractivity contribution in [3.63, 3.8) is 0 Å². The summed E-state index contributed by atoms with van der Waals surface area (Å²) in [6.07, 6.45) is 2.62. The highest BCUT2D eigenvalue weighted by Crippen LogP contribution is 2.31. The molecule has 2 aromatic carbocycles. The number of hydrogen-bond donors (Lipinski definition) is 1. The predicted octanol–water partition coefficient (Wildman–Crippen LogP) is 3.08. The average Bonchev–Trinajstić information content (AvgIpc) is 2.84. The van der Waals surface area contributed by atoms with Crippen LogP contribution in [0.15, 0.2) is 41.3 Å². The molecule has 2 aliphatic rings. The van der Waals surface area contributed by atoms with Gasteiger partial charge >= 0.3 is 5.97 Å². The summed E-state index contributed by atoms with van der Waals surface area (Å²) < 4.78 is 43.1. The summed E-state index contributed by atoms with van der Waals surface area (Å²) in [7, 11) is -3.69. The zero-order valence-corrected chi connectivity index (χ0v) is 19.3. The van der Waals surface area contributed by atoms with E-state index in [0.717, 1.165) is 19.3 Å². The minimum atomic E-state index is -3.69. The molecule has 1 N–H and O–H groups in total. The Bertz CT molecular complexity index is 1160. The number of carbonyl (C=O) groups excluding carboxylic acids is 2. The summed E-state index contributed by atoms with van der Waals surface area (Å²) in [6.45, 7) is 1.15. The number of piperidine rings is 1. The molecule has 0 bridgehead atoms. The molecule has 2 heterocycles. The van der Waals surface area contributed by atoms with Crippen molar-refractivity contribution in [1.82, 2.24) is 4.31 Å². The fraction of sp³-hybridized carbons (Fsp3) is 0.364. The molecule has 1 saturated heterocycles. The molecule has 1 fully saturated rings. The van der Waals surface area contributed by atoms with E-state index < -0.39 is 28.5 Å². The number of anilines is 1. The molecule has 0 atom stereocenters. The Hall–Kier alpha value is -2.82. The number of hydrogen-bond acceptors (Lipinski definition) is 7. The van der Waals surface area contributed by atoms with Gasteiger partial charge in [0.1, 0.15) is 13.2 Å². The summed E-state index contributed by atoms with van der Waals surface area (Å²) in [6, 6.07) is 8.73. The van der Waals surface area contributed by atoms with Gasteiger partial charge in [-0.15, -0.1) is 0 Å². The third-order valence-corrected chi connectivity index (χ3v) is 7.50. The summed E-state index contributed by atoms with van der Waals surface area (Å²) >= 11 is 6.15. The Morgan fingerprint density at radius 1 is 1.00 bits per heavy atom. The van der Waals surface area contributed by atoms with E-state index in [9.17, 15) is 18.0 Å². The smallest absolute Gasteiger partial charge is 0.338 e. The molecule has 1 amide bonds. The minimum absolute atomic E-state index is 0.0392. The van der Waals surface area contributed by atoms with Crippen molar-refractivity contribution in [2.24, 2.45) is 0 Å². The minimum Gasteiger partial charge on any atom is -0.486 e. The maximum absolute atomic E-state index is 12.9. The van der Waals surface area contributed by atoms with Gasteiger partial charge in [0, 0.05) is 13.1 Å². The Balaban J connectivity index is 1.39. The van der Waals surface area contributed by atoms with Crippen LogP contribution < -0.4 is 14.8 Å². The van der Waals surface area contributed by atoms with Crippen molar-refractivity contribution >= 4 is 39.2 Å². The quantitative estimate of drug-likeness (QED) is 0.614. The first kappa shape index (κ1) is 23.3. The molecular formula is C22H23ClN2O7S. The fourth-order valence-electron chi connectivity index (χ4n) is 3.59. The summed E-state index contributed by atoms with van der Waals surface area (Å²) in [5, 5.41) is 2.67. The Morgan fingerprint density at radius 2 is 1.73 bits per heavy atom. The van der Waals surface area contributed by atoms with Crippen LogP contribution in [0.1, 0.15) is 29.6 Å². The molecule has 0 spiro atoms. The number of rotatable bonds is 6. The zero-order valence-electron chi connectivity index (χ0n) is 17.7. The molecule has 4 rings (SSSR count). The van der Waals surface area contributed by atoms with Crippen LogP contribution in [0, 0.1) is 0 Å². The van der Waals surface area contributed by atoms with Crippen molar-refractivity contribution in [1.29, 1.82) is 0 Å². The van der Waals surface area contributed by atoms with Gasteiger partial charge in [0.15, 0.2) is 18.1 Å². The summed E-state index contributed by atoms with van der Waals surface area (Å²) in [5.74, 6) is -0.409. The van der Waals surface area contributed by atoms with E-state index in [1.165, 1.54) is 34.6 Å². The van der Waals surface area contributed by atoms with Gasteiger partial charge < -0.3 is 19.5 Å². The molecule has 11 heteroatoms. The number of amides is 1. The zero-order chi connectivity index (χ0) is 23.4. The van der Waals surface area contributed by atoms with Gasteiger partial charge in [0.2, 0.25) is 10.0 Å². The molecule has 0 aromatic heterocycles. The van der Waals surface area contributed by atoms with E-state index in [1.54, 1.807) is 6.07 Å². The average molecular weight is 495 g/mol. The van der Waals surface area contributed by atoms with E-state index in [-0.39, 0.29) is 21.2 Å². The molecule has 0 aliphatic carbocycles. The van der Waals surface area contributed by atoms with Gasteiger partial charge in [-0.2, -0.15) is 4.31 Å². The van der Waals surface area contributed by atoms with Gasteiger partial charge in [0.05, 0.1) is 21.2 Å². The molecular weight excluding hydrogens is 472 g/mol. The fourth-order valence-corrected chi connectivity index (χ4v) is 5.29. The lowest BCUT2D eigenvalue weighted by molar-refractivity contribution is -0.119. The molecule has 33 heavy (non-hydrogen) atoms. The lowest BCUT2D eigenvalue weighted by Crippen LogP contribution is -2.35. The van der Waals surface area contributed by atoms with Crippen LogP contribution in [0.3, 0.4) is 0 Å². The number of benzene rings is 2. The Kier molecular flexibility index (Phi) is 7.06. The first-order chi connectivity index (χ1) is 15.8. The second kappa shape index (κ2) is 9.98.